The highest BCUT2D eigenvalue weighted by atomic mass is 35.5. The van der Waals surface area contributed by atoms with Gasteiger partial charge < -0.3 is 9.67 Å². The zero-order valence-electron chi connectivity index (χ0n) is 9.04. The molecule has 0 amide bonds. The summed E-state index contributed by atoms with van der Waals surface area (Å²) in [6.45, 7) is 0.130. The first-order valence-electron chi connectivity index (χ1n) is 5.56. The number of aromatic nitrogens is 2. The molecular weight excluding hydrogens is 212 g/mol. The maximum absolute atomic E-state index is 8.91. The number of hydrogen-bond acceptors (Lipinski definition) is 2. The third kappa shape index (κ3) is 2.04. The zero-order chi connectivity index (χ0) is 10.8. The molecule has 2 rings (SSSR count). The second-order valence-corrected chi connectivity index (χ2v) is 4.58. The van der Waals surface area contributed by atoms with E-state index in [4.69, 9.17) is 16.7 Å². The molecule has 1 saturated carbocycles. The van der Waals surface area contributed by atoms with Crippen molar-refractivity contribution in [3.05, 3.63) is 16.7 Å². The summed E-state index contributed by atoms with van der Waals surface area (Å²) >= 11 is 6.15. The lowest BCUT2D eigenvalue weighted by Crippen LogP contribution is -2.06. The minimum Gasteiger partial charge on any atom is -0.396 e. The molecule has 1 fully saturated rings. The quantitative estimate of drug-likeness (QED) is 0.862. The summed E-state index contributed by atoms with van der Waals surface area (Å²) in [5, 5.41) is 9.55. The maximum Gasteiger partial charge on any atom is 0.150 e. The summed E-state index contributed by atoms with van der Waals surface area (Å²) < 4.78 is 2.06. The molecule has 3 nitrogen and oxygen atoms in total. The van der Waals surface area contributed by atoms with Crippen molar-refractivity contribution in [3.63, 3.8) is 0 Å². The molecule has 0 unspecified atom stereocenters. The molecule has 84 valence electrons. The molecule has 4 heteroatoms. The van der Waals surface area contributed by atoms with Crippen molar-refractivity contribution in [2.24, 2.45) is 7.05 Å². The van der Waals surface area contributed by atoms with Crippen LogP contribution in [0.4, 0.5) is 0 Å². The van der Waals surface area contributed by atoms with E-state index in [1.54, 1.807) is 0 Å². The summed E-state index contributed by atoms with van der Waals surface area (Å²) in [5.41, 5.74) is 1.16. The standard InChI is InChI=1S/C11H17ClN2O/c1-14-9(6-7-15)13-11(12)10(14)8-4-2-3-5-8/h8,15H,2-7H2,1H3. The smallest absolute Gasteiger partial charge is 0.150 e. The molecule has 1 aliphatic rings. The van der Waals surface area contributed by atoms with Gasteiger partial charge in [-0.05, 0) is 12.8 Å². The van der Waals surface area contributed by atoms with Gasteiger partial charge in [0.25, 0.3) is 0 Å². The summed E-state index contributed by atoms with van der Waals surface area (Å²) in [4.78, 5) is 4.31. The van der Waals surface area contributed by atoms with E-state index < -0.39 is 0 Å². The fourth-order valence-corrected chi connectivity index (χ4v) is 2.87. The van der Waals surface area contributed by atoms with Gasteiger partial charge in [-0.15, -0.1) is 0 Å². The van der Waals surface area contributed by atoms with Gasteiger partial charge in [0.15, 0.2) is 5.15 Å². The molecule has 0 aromatic carbocycles. The molecule has 0 saturated heterocycles. The number of nitrogens with zero attached hydrogens (tertiary/aromatic N) is 2. The molecule has 0 spiro atoms. The number of aliphatic hydroxyl groups excluding tert-OH is 1. The predicted octanol–water partition coefficient (Wildman–Crippen LogP) is 2.27. The van der Waals surface area contributed by atoms with Crippen LogP contribution in [0.3, 0.4) is 0 Å². The van der Waals surface area contributed by atoms with Crippen molar-refractivity contribution < 1.29 is 5.11 Å². The van der Waals surface area contributed by atoms with Gasteiger partial charge in [0, 0.05) is 19.4 Å². The van der Waals surface area contributed by atoms with Crippen molar-refractivity contribution >= 4 is 11.6 Å². The highest BCUT2D eigenvalue weighted by Gasteiger charge is 2.24. The summed E-state index contributed by atoms with van der Waals surface area (Å²) in [5.74, 6) is 1.46. The molecule has 15 heavy (non-hydrogen) atoms. The van der Waals surface area contributed by atoms with E-state index in [2.05, 4.69) is 9.55 Å². The van der Waals surface area contributed by atoms with Crippen LogP contribution >= 0.6 is 11.6 Å². The van der Waals surface area contributed by atoms with Gasteiger partial charge in [0.2, 0.25) is 0 Å². The molecule has 1 heterocycles. The van der Waals surface area contributed by atoms with Crippen LogP contribution in [0, 0.1) is 0 Å². The fraction of sp³-hybridized carbons (Fsp3) is 0.727. The summed E-state index contributed by atoms with van der Waals surface area (Å²) in [6.07, 6.45) is 5.61. The van der Waals surface area contributed by atoms with Crippen molar-refractivity contribution in [3.8, 4) is 0 Å². The molecule has 0 aliphatic heterocycles. The molecule has 1 aromatic rings. The normalized spacial score (nSPS) is 17.5. The van der Waals surface area contributed by atoms with E-state index in [0.717, 1.165) is 11.5 Å². The highest BCUT2D eigenvalue weighted by Crippen LogP contribution is 2.37. The molecule has 0 atom stereocenters. The van der Waals surface area contributed by atoms with Crippen LogP contribution < -0.4 is 0 Å². The number of rotatable bonds is 3. The van der Waals surface area contributed by atoms with E-state index in [1.165, 1.54) is 25.7 Å². The van der Waals surface area contributed by atoms with Crippen molar-refractivity contribution in [1.29, 1.82) is 0 Å². The molecular formula is C11H17ClN2O. The van der Waals surface area contributed by atoms with Crippen LogP contribution in [0.25, 0.3) is 0 Å². The molecule has 1 N–H and O–H groups in total. The summed E-state index contributed by atoms with van der Waals surface area (Å²) in [6, 6.07) is 0. The largest absolute Gasteiger partial charge is 0.396 e. The maximum atomic E-state index is 8.91. The van der Waals surface area contributed by atoms with Crippen LogP contribution in [0.15, 0.2) is 0 Å². The van der Waals surface area contributed by atoms with Gasteiger partial charge in [-0.1, -0.05) is 24.4 Å². The van der Waals surface area contributed by atoms with Gasteiger partial charge in [0.1, 0.15) is 5.82 Å². The van der Waals surface area contributed by atoms with E-state index in [9.17, 15) is 0 Å². The number of halogens is 1. The number of imidazole rings is 1. The molecule has 1 aromatic heterocycles. The Hall–Kier alpha value is -0.540. The molecule has 0 radical (unpaired) electrons. The lowest BCUT2D eigenvalue weighted by atomic mass is 10.1. The second kappa shape index (κ2) is 4.54. The number of aliphatic hydroxyl groups is 1. The van der Waals surface area contributed by atoms with E-state index >= 15 is 0 Å². The van der Waals surface area contributed by atoms with Crippen LogP contribution in [-0.2, 0) is 13.5 Å². The van der Waals surface area contributed by atoms with Crippen molar-refractivity contribution in [1.82, 2.24) is 9.55 Å². The molecule has 1 aliphatic carbocycles. The van der Waals surface area contributed by atoms with Crippen LogP contribution in [0.5, 0.6) is 0 Å². The van der Waals surface area contributed by atoms with Gasteiger partial charge in [-0.25, -0.2) is 4.98 Å². The Labute approximate surface area is 95.1 Å². The van der Waals surface area contributed by atoms with E-state index in [1.807, 2.05) is 7.05 Å². The first-order valence-corrected chi connectivity index (χ1v) is 5.93. The van der Waals surface area contributed by atoms with Crippen LogP contribution in [0.2, 0.25) is 5.15 Å². The Balaban J connectivity index is 2.29. The Morgan fingerprint density at radius 3 is 2.73 bits per heavy atom. The SMILES string of the molecule is Cn1c(CCO)nc(Cl)c1C1CCCC1. The van der Waals surface area contributed by atoms with E-state index in [0.29, 0.717) is 17.5 Å². The van der Waals surface area contributed by atoms with Gasteiger partial charge in [-0.3, -0.25) is 0 Å². The number of hydrogen-bond donors (Lipinski definition) is 1. The minimum atomic E-state index is 0.130. The lowest BCUT2D eigenvalue weighted by Gasteiger charge is -2.11. The third-order valence-electron chi connectivity index (χ3n) is 3.26. The van der Waals surface area contributed by atoms with Gasteiger partial charge >= 0.3 is 0 Å². The first kappa shape index (κ1) is 11.0. The van der Waals surface area contributed by atoms with Crippen LogP contribution in [0.1, 0.15) is 43.1 Å². The highest BCUT2D eigenvalue weighted by molar-refractivity contribution is 6.30. The Bertz CT molecular complexity index is 343. The third-order valence-corrected chi connectivity index (χ3v) is 3.54. The molecule has 0 bridgehead atoms. The summed E-state index contributed by atoms with van der Waals surface area (Å²) in [7, 11) is 2.00. The monoisotopic (exact) mass is 228 g/mol. The van der Waals surface area contributed by atoms with Crippen molar-refractivity contribution in [2.75, 3.05) is 6.61 Å². The zero-order valence-corrected chi connectivity index (χ0v) is 9.80. The Kier molecular flexibility index (Phi) is 3.32. The Morgan fingerprint density at radius 2 is 2.13 bits per heavy atom. The Morgan fingerprint density at radius 1 is 1.47 bits per heavy atom. The predicted molar refractivity (Wildman–Crippen MR) is 60.2 cm³/mol. The van der Waals surface area contributed by atoms with Crippen molar-refractivity contribution in [2.45, 2.75) is 38.0 Å². The van der Waals surface area contributed by atoms with Gasteiger partial charge in [-0.2, -0.15) is 0 Å². The van der Waals surface area contributed by atoms with Gasteiger partial charge in [0.05, 0.1) is 12.3 Å². The average molecular weight is 229 g/mol. The first-order chi connectivity index (χ1) is 7.24. The minimum absolute atomic E-state index is 0.130. The second-order valence-electron chi connectivity index (χ2n) is 4.22. The topological polar surface area (TPSA) is 38.0 Å². The average Bonchev–Trinajstić information content (AvgIpc) is 2.77. The van der Waals surface area contributed by atoms with E-state index in [-0.39, 0.29) is 6.61 Å². The lowest BCUT2D eigenvalue weighted by molar-refractivity contribution is 0.295. The van der Waals surface area contributed by atoms with Crippen LogP contribution in [-0.4, -0.2) is 21.3 Å². The fourth-order valence-electron chi connectivity index (χ4n) is 2.49.